The monoisotopic (exact) mass is 361 g/mol. The third-order valence-electron chi connectivity index (χ3n) is 3.58. The highest BCUT2D eigenvalue weighted by Gasteiger charge is 2.23. The van der Waals surface area contributed by atoms with Gasteiger partial charge in [0.1, 0.15) is 22.4 Å². The summed E-state index contributed by atoms with van der Waals surface area (Å²) in [5.74, 6) is -3.93. The van der Waals surface area contributed by atoms with Gasteiger partial charge in [0.15, 0.2) is 23.0 Å². The Morgan fingerprint density at radius 2 is 1.62 bits per heavy atom. The molecular weight excluding hydrogens is 350 g/mol. The predicted molar refractivity (Wildman–Crippen MR) is 87.9 cm³/mol. The van der Waals surface area contributed by atoms with E-state index >= 15 is 0 Å². The second-order valence-corrected chi connectivity index (χ2v) is 5.23. The van der Waals surface area contributed by atoms with E-state index in [0.29, 0.717) is 0 Å². The van der Waals surface area contributed by atoms with Crippen molar-refractivity contribution in [1.29, 1.82) is 0 Å². The van der Waals surface area contributed by atoms with Crippen LogP contribution in [0.3, 0.4) is 0 Å². The zero-order valence-electron chi connectivity index (χ0n) is 12.7. The Morgan fingerprint density at radius 3 is 2.23 bits per heavy atom. The molecule has 0 saturated carbocycles. The molecule has 0 aliphatic heterocycles. The lowest BCUT2D eigenvalue weighted by Gasteiger charge is -2.11. The molecule has 3 aromatic rings. The highest BCUT2D eigenvalue weighted by Crippen LogP contribution is 2.42. The van der Waals surface area contributed by atoms with Crippen molar-refractivity contribution in [1.82, 2.24) is 0 Å². The first-order chi connectivity index (χ1) is 12.2. The Kier molecular flexibility index (Phi) is 3.72. The molecule has 0 aliphatic carbocycles. The van der Waals surface area contributed by atoms with Crippen molar-refractivity contribution in [2.45, 2.75) is 0 Å². The number of carbonyl (C=O) groups is 1. The van der Waals surface area contributed by atoms with E-state index in [4.69, 9.17) is 9.52 Å². The van der Waals surface area contributed by atoms with E-state index < -0.39 is 57.1 Å². The molecule has 134 valence electrons. The molecule has 10 nitrogen and oxygen atoms in total. The Balaban J connectivity index is 2.33. The van der Waals surface area contributed by atoms with Crippen LogP contribution in [-0.4, -0.2) is 36.7 Å². The second kappa shape index (κ2) is 5.77. The van der Waals surface area contributed by atoms with Crippen LogP contribution >= 0.6 is 0 Å². The Labute approximate surface area is 143 Å². The van der Waals surface area contributed by atoms with Gasteiger partial charge in [0, 0.05) is 11.6 Å². The van der Waals surface area contributed by atoms with Crippen molar-refractivity contribution in [2.75, 3.05) is 5.32 Å². The molecule has 10 heteroatoms. The zero-order chi connectivity index (χ0) is 19.2. The number of carboxylic acid groups (broad SMARTS) is 1. The number of nitrogens with one attached hydrogen (secondary N) is 1. The first kappa shape index (κ1) is 16.8. The second-order valence-electron chi connectivity index (χ2n) is 5.23. The molecule has 26 heavy (non-hydrogen) atoms. The fourth-order valence-corrected chi connectivity index (χ4v) is 2.40. The van der Waals surface area contributed by atoms with Gasteiger partial charge in [0.2, 0.25) is 11.2 Å². The topological polar surface area (TPSA) is 181 Å². The van der Waals surface area contributed by atoms with Gasteiger partial charge in [-0.15, -0.1) is 0 Å². The maximum absolute atomic E-state index is 12.4. The number of fused-ring (bicyclic) bond motifs is 1. The number of hydrogen-bond donors (Lipinski definition) is 7. The van der Waals surface area contributed by atoms with Crippen molar-refractivity contribution in [3.05, 3.63) is 34.5 Å². The molecule has 2 aromatic carbocycles. The SMILES string of the molecule is O=C(O)Nc1c(O)cc2oc(-c3ccc(O)c(O)c3)c(O)c(=O)c2c1O. The number of hydrogen-bond acceptors (Lipinski definition) is 8. The van der Waals surface area contributed by atoms with E-state index in [2.05, 4.69) is 0 Å². The summed E-state index contributed by atoms with van der Waals surface area (Å²) in [4.78, 5) is 23.1. The third-order valence-corrected chi connectivity index (χ3v) is 3.58. The molecule has 0 bridgehead atoms. The Bertz CT molecular complexity index is 1120. The minimum absolute atomic E-state index is 0.0310. The van der Waals surface area contributed by atoms with Crippen LogP contribution in [-0.2, 0) is 0 Å². The van der Waals surface area contributed by atoms with Gasteiger partial charge in [0.05, 0.1) is 0 Å². The molecule has 0 atom stereocenters. The standard InChI is InChI=1S/C16H11NO9/c18-6-2-1-5(3-7(6)19)15-14(23)13(22)10-9(26-15)4-8(20)11(12(10)21)17-16(24)25/h1-4,17-21,23H,(H,24,25). The molecule has 0 fully saturated rings. The minimum atomic E-state index is -1.60. The highest BCUT2D eigenvalue weighted by molar-refractivity contribution is 5.98. The smallest absolute Gasteiger partial charge is 0.409 e. The van der Waals surface area contributed by atoms with E-state index in [9.17, 15) is 35.1 Å². The van der Waals surface area contributed by atoms with Crippen LogP contribution < -0.4 is 10.7 Å². The van der Waals surface area contributed by atoms with Gasteiger partial charge in [-0.1, -0.05) is 0 Å². The summed E-state index contributed by atoms with van der Waals surface area (Å²) in [5, 5.41) is 58.9. The third kappa shape index (κ3) is 2.55. The van der Waals surface area contributed by atoms with Crippen molar-refractivity contribution in [2.24, 2.45) is 0 Å². The summed E-state index contributed by atoms with van der Waals surface area (Å²) in [5.41, 5.74) is -2.06. The van der Waals surface area contributed by atoms with Crippen LogP contribution in [0.1, 0.15) is 0 Å². The summed E-state index contributed by atoms with van der Waals surface area (Å²) < 4.78 is 5.34. The van der Waals surface area contributed by atoms with Gasteiger partial charge < -0.3 is 35.1 Å². The number of anilines is 1. The van der Waals surface area contributed by atoms with Gasteiger partial charge >= 0.3 is 6.09 Å². The average molecular weight is 361 g/mol. The van der Waals surface area contributed by atoms with Crippen molar-refractivity contribution < 1.29 is 39.9 Å². The molecule has 1 aromatic heterocycles. The number of amides is 1. The fraction of sp³-hybridized carbons (Fsp3) is 0. The largest absolute Gasteiger partial charge is 0.505 e. The van der Waals surface area contributed by atoms with Crippen molar-refractivity contribution in [3.63, 3.8) is 0 Å². The van der Waals surface area contributed by atoms with Gasteiger partial charge in [-0.05, 0) is 18.2 Å². The van der Waals surface area contributed by atoms with Crippen LogP contribution in [0.4, 0.5) is 10.5 Å². The average Bonchev–Trinajstić information content (AvgIpc) is 2.57. The minimum Gasteiger partial charge on any atom is -0.505 e. The van der Waals surface area contributed by atoms with Crippen LogP contribution in [0.15, 0.2) is 33.5 Å². The molecule has 1 heterocycles. The van der Waals surface area contributed by atoms with Crippen molar-refractivity contribution in [3.8, 4) is 40.1 Å². The molecule has 0 saturated heterocycles. The van der Waals surface area contributed by atoms with Crippen LogP contribution in [0.25, 0.3) is 22.3 Å². The number of phenols is 4. The number of phenolic OH excluding ortho intramolecular Hbond substituents is 4. The van der Waals surface area contributed by atoms with Gasteiger partial charge in [-0.2, -0.15) is 0 Å². The van der Waals surface area contributed by atoms with Crippen LogP contribution in [0.5, 0.6) is 28.7 Å². The molecule has 3 rings (SSSR count). The first-order valence-corrected chi connectivity index (χ1v) is 6.97. The number of benzene rings is 2. The van der Waals surface area contributed by atoms with Crippen LogP contribution in [0.2, 0.25) is 0 Å². The maximum Gasteiger partial charge on any atom is 0.409 e. The molecule has 0 spiro atoms. The number of aromatic hydroxyl groups is 5. The van der Waals surface area contributed by atoms with E-state index in [1.807, 2.05) is 0 Å². The summed E-state index contributed by atoms with van der Waals surface area (Å²) in [6.45, 7) is 0. The van der Waals surface area contributed by atoms with Crippen molar-refractivity contribution >= 4 is 22.7 Å². The highest BCUT2D eigenvalue weighted by atomic mass is 16.4. The lowest BCUT2D eigenvalue weighted by Crippen LogP contribution is -2.09. The first-order valence-electron chi connectivity index (χ1n) is 6.97. The molecule has 0 aliphatic rings. The van der Waals surface area contributed by atoms with E-state index in [0.717, 1.165) is 18.2 Å². The van der Waals surface area contributed by atoms with E-state index in [1.54, 1.807) is 5.32 Å². The lowest BCUT2D eigenvalue weighted by atomic mass is 10.1. The molecular formula is C16H11NO9. The normalized spacial score (nSPS) is 10.8. The Hall–Kier alpha value is -4.08. The maximum atomic E-state index is 12.4. The van der Waals surface area contributed by atoms with E-state index in [-0.39, 0.29) is 11.1 Å². The molecule has 0 radical (unpaired) electrons. The Morgan fingerprint density at radius 1 is 0.923 bits per heavy atom. The summed E-state index contributed by atoms with van der Waals surface area (Å²) in [6, 6.07) is 4.26. The van der Waals surface area contributed by atoms with E-state index in [1.165, 1.54) is 6.07 Å². The van der Waals surface area contributed by atoms with Gasteiger partial charge in [-0.3, -0.25) is 10.1 Å². The summed E-state index contributed by atoms with van der Waals surface area (Å²) in [7, 11) is 0. The summed E-state index contributed by atoms with van der Waals surface area (Å²) in [6.07, 6.45) is -1.60. The summed E-state index contributed by atoms with van der Waals surface area (Å²) >= 11 is 0. The van der Waals surface area contributed by atoms with Gasteiger partial charge in [-0.25, -0.2) is 4.79 Å². The molecule has 0 unspecified atom stereocenters. The van der Waals surface area contributed by atoms with Crippen LogP contribution in [0, 0.1) is 0 Å². The lowest BCUT2D eigenvalue weighted by molar-refractivity contribution is 0.209. The zero-order valence-corrected chi connectivity index (χ0v) is 12.7. The predicted octanol–water partition coefficient (Wildman–Crippen LogP) is 2.08. The molecule has 1 amide bonds. The quantitative estimate of drug-likeness (QED) is 0.336. The fourth-order valence-electron chi connectivity index (χ4n) is 2.40. The van der Waals surface area contributed by atoms with Gasteiger partial charge in [0.25, 0.3) is 0 Å². The number of rotatable bonds is 2. The molecule has 7 N–H and O–H groups in total.